The van der Waals surface area contributed by atoms with Crippen LogP contribution in [-0.2, 0) is 14.1 Å². The molecule has 23 heavy (non-hydrogen) atoms. The van der Waals surface area contributed by atoms with Crippen molar-refractivity contribution in [3.05, 3.63) is 61.2 Å². The minimum absolute atomic E-state index is 0.722. The maximum absolute atomic E-state index is 5.90. The molecule has 0 aliphatic rings. The zero-order chi connectivity index (χ0) is 15.8. The van der Waals surface area contributed by atoms with E-state index in [0.717, 1.165) is 33.7 Å². The highest BCUT2D eigenvalue weighted by Gasteiger charge is 2.12. The Hall–Kier alpha value is -3.08. The van der Waals surface area contributed by atoms with Crippen LogP contribution in [0.2, 0.25) is 0 Å². The molecule has 0 fully saturated rings. The highest BCUT2D eigenvalue weighted by atomic mass is 16.5. The molecule has 4 rings (SSSR count). The van der Waals surface area contributed by atoms with Crippen LogP contribution in [0.5, 0.6) is 11.5 Å². The summed E-state index contributed by atoms with van der Waals surface area (Å²) in [4.78, 5) is 4.54. The predicted molar refractivity (Wildman–Crippen MR) is 89.4 cm³/mol. The monoisotopic (exact) mass is 304 g/mol. The fourth-order valence-corrected chi connectivity index (χ4v) is 2.71. The van der Waals surface area contributed by atoms with E-state index in [1.165, 1.54) is 0 Å². The first-order chi connectivity index (χ1) is 11.2. The lowest BCUT2D eigenvalue weighted by molar-refractivity contribution is 0.481. The number of hydrogen-bond acceptors (Lipinski definition) is 3. The van der Waals surface area contributed by atoms with Crippen molar-refractivity contribution in [3.63, 3.8) is 0 Å². The zero-order valence-corrected chi connectivity index (χ0v) is 13.0. The Bertz CT molecular complexity index is 969. The van der Waals surface area contributed by atoms with Gasteiger partial charge in [0.15, 0.2) is 0 Å². The summed E-state index contributed by atoms with van der Waals surface area (Å²) in [5.41, 5.74) is 3.09. The van der Waals surface area contributed by atoms with Gasteiger partial charge in [0.2, 0.25) is 0 Å². The third kappa shape index (κ3) is 2.46. The van der Waals surface area contributed by atoms with Gasteiger partial charge in [-0.1, -0.05) is 18.2 Å². The minimum Gasteiger partial charge on any atom is -0.456 e. The highest BCUT2D eigenvalue weighted by Crippen LogP contribution is 2.32. The molecule has 5 heteroatoms. The van der Waals surface area contributed by atoms with E-state index in [1.54, 1.807) is 10.9 Å². The van der Waals surface area contributed by atoms with Gasteiger partial charge in [-0.3, -0.25) is 4.68 Å². The maximum Gasteiger partial charge on any atom is 0.146 e. The van der Waals surface area contributed by atoms with Crippen LogP contribution in [0.1, 0.15) is 0 Å². The second kappa shape index (κ2) is 5.28. The quantitative estimate of drug-likeness (QED) is 0.579. The lowest BCUT2D eigenvalue weighted by Gasteiger charge is -2.05. The summed E-state index contributed by atoms with van der Waals surface area (Å²) in [7, 11) is 3.91. The lowest BCUT2D eigenvalue weighted by Crippen LogP contribution is -1.89. The average molecular weight is 304 g/mol. The number of aromatic nitrogens is 4. The van der Waals surface area contributed by atoms with Gasteiger partial charge in [-0.15, -0.1) is 0 Å². The van der Waals surface area contributed by atoms with Crippen LogP contribution < -0.4 is 4.74 Å². The minimum atomic E-state index is 0.722. The fraction of sp³-hybridized carbons (Fsp3) is 0.111. The second-order valence-electron chi connectivity index (χ2n) is 5.51. The van der Waals surface area contributed by atoms with Crippen LogP contribution in [0.25, 0.3) is 22.2 Å². The van der Waals surface area contributed by atoms with Crippen LogP contribution >= 0.6 is 0 Å². The molecular formula is C18H16N4O. The highest BCUT2D eigenvalue weighted by molar-refractivity contribution is 5.94. The predicted octanol–water partition coefficient (Wildman–Crippen LogP) is 3.77. The summed E-state index contributed by atoms with van der Waals surface area (Å²) in [6.45, 7) is 0. The van der Waals surface area contributed by atoms with Crippen molar-refractivity contribution in [1.29, 1.82) is 0 Å². The third-order valence-electron chi connectivity index (χ3n) is 3.78. The van der Waals surface area contributed by atoms with Gasteiger partial charge in [0.05, 0.1) is 12.4 Å². The number of benzene rings is 1. The van der Waals surface area contributed by atoms with E-state index in [-0.39, 0.29) is 0 Å². The molecule has 0 atom stereocenters. The van der Waals surface area contributed by atoms with Gasteiger partial charge in [-0.2, -0.15) is 5.10 Å². The average Bonchev–Trinajstić information content (AvgIpc) is 3.12. The Kier molecular flexibility index (Phi) is 3.12. The van der Waals surface area contributed by atoms with E-state index in [1.807, 2.05) is 67.5 Å². The van der Waals surface area contributed by atoms with E-state index < -0.39 is 0 Å². The second-order valence-corrected chi connectivity index (χ2v) is 5.51. The van der Waals surface area contributed by atoms with Crippen molar-refractivity contribution in [3.8, 4) is 22.6 Å². The van der Waals surface area contributed by atoms with E-state index in [4.69, 9.17) is 4.74 Å². The normalized spacial score (nSPS) is 11.0. The van der Waals surface area contributed by atoms with Gasteiger partial charge >= 0.3 is 0 Å². The number of nitrogens with zero attached hydrogens (tertiary/aromatic N) is 4. The molecule has 4 aromatic rings. The number of pyridine rings is 1. The molecule has 0 amide bonds. The Morgan fingerprint density at radius 3 is 2.52 bits per heavy atom. The first kappa shape index (κ1) is 13.6. The van der Waals surface area contributed by atoms with Crippen LogP contribution in [0.4, 0.5) is 0 Å². The molecule has 5 nitrogen and oxygen atoms in total. The van der Waals surface area contributed by atoms with E-state index in [2.05, 4.69) is 16.3 Å². The number of hydrogen-bond donors (Lipinski definition) is 0. The summed E-state index contributed by atoms with van der Waals surface area (Å²) < 4.78 is 9.71. The van der Waals surface area contributed by atoms with Gasteiger partial charge in [-0.05, 0) is 18.2 Å². The van der Waals surface area contributed by atoms with Gasteiger partial charge in [0.25, 0.3) is 0 Å². The molecule has 0 N–H and O–H groups in total. The van der Waals surface area contributed by atoms with Crippen molar-refractivity contribution in [2.45, 2.75) is 0 Å². The van der Waals surface area contributed by atoms with Crippen LogP contribution in [0.15, 0.2) is 61.2 Å². The topological polar surface area (TPSA) is 44.9 Å². The fourth-order valence-electron chi connectivity index (χ4n) is 2.71. The van der Waals surface area contributed by atoms with Crippen molar-refractivity contribution >= 4 is 11.0 Å². The van der Waals surface area contributed by atoms with Crippen LogP contribution in [-0.4, -0.2) is 19.3 Å². The van der Waals surface area contributed by atoms with E-state index >= 15 is 0 Å². The summed E-state index contributed by atoms with van der Waals surface area (Å²) >= 11 is 0. The van der Waals surface area contributed by atoms with Crippen molar-refractivity contribution < 1.29 is 4.74 Å². The SMILES string of the molecule is Cn1cc(-c2cn(C)c3ncc(Oc4ccccc4)cc23)cn1. The van der Waals surface area contributed by atoms with Gasteiger partial charge in [-0.25, -0.2) is 4.98 Å². The number of ether oxygens (including phenoxy) is 1. The molecule has 0 saturated heterocycles. The van der Waals surface area contributed by atoms with Crippen molar-refractivity contribution in [2.75, 3.05) is 0 Å². The largest absolute Gasteiger partial charge is 0.456 e. The van der Waals surface area contributed by atoms with E-state index in [0.29, 0.717) is 0 Å². The maximum atomic E-state index is 5.90. The molecule has 0 radical (unpaired) electrons. The molecule has 3 heterocycles. The molecule has 114 valence electrons. The Labute approximate surface area is 133 Å². The van der Waals surface area contributed by atoms with Crippen molar-refractivity contribution in [2.24, 2.45) is 14.1 Å². The number of para-hydroxylation sites is 1. The van der Waals surface area contributed by atoms with Gasteiger partial charge in [0.1, 0.15) is 17.1 Å². The molecule has 0 spiro atoms. The number of rotatable bonds is 3. The molecule has 0 bridgehead atoms. The molecule has 0 aliphatic carbocycles. The van der Waals surface area contributed by atoms with Crippen LogP contribution in [0.3, 0.4) is 0 Å². The van der Waals surface area contributed by atoms with Crippen LogP contribution in [0, 0.1) is 0 Å². The van der Waals surface area contributed by atoms with Gasteiger partial charge < -0.3 is 9.30 Å². The molecule has 3 aromatic heterocycles. The number of fused-ring (bicyclic) bond motifs is 1. The first-order valence-corrected chi connectivity index (χ1v) is 7.38. The Morgan fingerprint density at radius 1 is 0.957 bits per heavy atom. The zero-order valence-electron chi connectivity index (χ0n) is 13.0. The van der Waals surface area contributed by atoms with E-state index in [9.17, 15) is 0 Å². The Morgan fingerprint density at radius 2 is 1.78 bits per heavy atom. The smallest absolute Gasteiger partial charge is 0.146 e. The molecule has 0 saturated carbocycles. The molecule has 1 aromatic carbocycles. The number of aryl methyl sites for hydroxylation is 2. The summed E-state index contributed by atoms with van der Waals surface area (Å²) in [5.74, 6) is 1.52. The summed E-state index contributed by atoms with van der Waals surface area (Å²) in [6, 6.07) is 11.7. The molecular weight excluding hydrogens is 288 g/mol. The standard InChI is InChI=1S/C18H16N4O/c1-21-12-17(13-9-20-22(2)11-13)16-8-15(10-19-18(16)21)23-14-6-4-3-5-7-14/h3-12H,1-2H3. The Balaban J connectivity index is 1.81. The molecule has 0 aliphatic heterocycles. The summed E-state index contributed by atoms with van der Waals surface area (Å²) in [5, 5.41) is 5.30. The van der Waals surface area contributed by atoms with Gasteiger partial charge in [0, 0.05) is 43.0 Å². The van der Waals surface area contributed by atoms with Crippen molar-refractivity contribution in [1.82, 2.24) is 19.3 Å². The first-order valence-electron chi connectivity index (χ1n) is 7.38. The molecule has 0 unspecified atom stereocenters. The lowest BCUT2D eigenvalue weighted by atomic mass is 10.1. The summed E-state index contributed by atoms with van der Waals surface area (Å²) in [6.07, 6.45) is 7.68. The third-order valence-corrected chi connectivity index (χ3v) is 3.78.